The highest BCUT2D eigenvalue weighted by molar-refractivity contribution is 7.89. The molecule has 0 saturated carbocycles. The van der Waals surface area contributed by atoms with E-state index in [0.717, 1.165) is 11.1 Å². The van der Waals surface area contributed by atoms with Crippen LogP contribution in [0.3, 0.4) is 0 Å². The monoisotopic (exact) mass is 397 g/mol. The Labute approximate surface area is 164 Å². The summed E-state index contributed by atoms with van der Waals surface area (Å²) in [5, 5.41) is 4.35. The molecule has 1 N–H and O–H groups in total. The van der Waals surface area contributed by atoms with Crippen LogP contribution in [0.1, 0.15) is 16.7 Å². The summed E-state index contributed by atoms with van der Waals surface area (Å²) in [6, 6.07) is 16.3. The van der Waals surface area contributed by atoms with Crippen molar-refractivity contribution in [3.63, 3.8) is 0 Å². The summed E-state index contributed by atoms with van der Waals surface area (Å²) in [7, 11) is -3.68. The van der Waals surface area contributed by atoms with Gasteiger partial charge in [-0.25, -0.2) is 17.8 Å². The highest BCUT2D eigenvalue weighted by Crippen LogP contribution is 2.21. The number of nitrogens with zero attached hydrogens (tertiary/aromatic N) is 2. The molecule has 0 radical (unpaired) electrons. The molecule has 2 aromatic carbocycles. The number of hydrogen-bond donors (Lipinski definition) is 1. The highest BCUT2D eigenvalue weighted by atomic mass is 32.2. The molecule has 0 saturated heterocycles. The van der Waals surface area contributed by atoms with Gasteiger partial charge in [-0.3, -0.25) is 4.79 Å². The number of sulfonamides is 1. The molecule has 3 rings (SSSR count). The van der Waals surface area contributed by atoms with E-state index in [0.29, 0.717) is 16.8 Å². The van der Waals surface area contributed by atoms with Gasteiger partial charge >= 0.3 is 0 Å². The van der Waals surface area contributed by atoms with Crippen molar-refractivity contribution in [3.8, 4) is 11.3 Å². The van der Waals surface area contributed by atoms with Gasteiger partial charge < -0.3 is 0 Å². The molecule has 3 aromatic rings. The van der Waals surface area contributed by atoms with Crippen molar-refractivity contribution in [2.75, 3.05) is 6.54 Å². The number of aromatic nitrogens is 2. The largest absolute Gasteiger partial charge is 0.268 e. The van der Waals surface area contributed by atoms with Crippen LogP contribution in [-0.2, 0) is 16.6 Å². The van der Waals surface area contributed by atoms with Gasteiger partial charge in [0.25, 0.3) is 5.56 Å². The first-order valence-electron chi connectivity index (χ1n) is 8.99. The van der Waals surface area contributed by atoms with E-state index < -0.39 is 10.0 Å². The molecule has 0 atom stereocenters. The molecule has 0 aliphatic rings. The highest BCUT2D eigenvalue weighted by Gasteiger charge is 2.19. The average molecular weight is 398 g/mol. The third-order valence-corrected chi connectivity index (χ3v) is 6.19. The second-order valence-electron chi connectivity index (χ2n) is 6.77. The van der Waals surface area contributed by atoms with Gasteiger partial charge in [0.1, 0.15) is 0 Å². The molecule has 7 heteroatoms. The van der Waals surface area contributed by atoms with Crippen molar-refractivity contribution in [1.82, 2.24) is 14.5 Å². The minimum Gasteiger partial charge on any atom is -0.268 e. The van der Waals surface area contributed by atoms with Crippen LogP contribution < -0.4 is 10.3 Å². The summed E-state index contributed by atoms with van der Waals surface area (Å²) in [6.07, 6.45) is 0. The van der Waals surface area contributed by atoms with Gasteiger partial charge in [0.15, 0.2) is 0 Å². The Hall–Kier alpha value is -2.77. The number of rotatable bonds is 6. The van der Waals surface area contributed by atoms with Gasteiger partial charge in [-0.15, -0.1) is 0 Å². The van der Waals surface area contributed by atoms with E-state index in [9.17, 15) is 13.2 Å². The Bertz CT molecular complexity index is 1130. The first kappa shape index (κ1) is 20.0. The minimum atomic E-state index is -3.68. The van der Waals surface area contributed by atoms with E-state index in [4.69, 9.17) is 0 Å². The molecular weight excluding hydrogens is 374 g/mol. The lowest BCUT2D eigenvalue weighted by Crippen LogP contribution is -2.32. The van der Waals surface area contributed by atoms with Crippen molar-refractivity contribution >= 4 is 10.0 Å². The third-order valence-electron chi connectivity index (χ3n) is 4.43. The van der Waals surface area contributed by atoms with Gasteiger partial charge in [0.05, 0.1) is 17.1 Å². The van der Waals surface area contributed by atoms with Gasteiger partial charge in [0, 0.05) is 18.2 Å². The maximum absolute atomic E-state index is 12.7. The molecule has 1 aromatic heterocycles. The normalized spacial score (nSPS) is 11.5. The van der Waals surface area contributed by atoms with Crippen LogP contribution >= 0.6 is 0 Å². The van der Waals surface area contributed by atoms with Crippen LogP contribution in [0.4, 0.5) is 0 Å². The molecular formula is C21H23N3O3S. The number of hydrogen-bond acceptors (Lipinski definition) is 4. The van der Waals surface area contributed by atoms with E-state index in [1.54, 1.807) is 19.9 Å². The Kier molecular flexibility index (Phi) is 5.76. The SMILES string of the molecule is Cc1cc(C)c(S(=O)(=O)NCCn2nc(-c3ccccc3)ccc2=O)c(C)c1. The van der Waals surface area contributed by atoms with E-state index in [1.807, 2.05) is 49.4 Å². The van der Waals surface area contributed by atoms with Crippen molar-refractivity contribution in [1.29, 1.82) is 0 Å². The molecule has 0 spiro atoms. The van der Waals surface area contributed by atoms with Crippen molar-refractivity contribution in [2.45, 2.75) is 32.2 Å². The third kappa shape index (κ3) is 4.37. The summed E-state index contributed by atoms with van der Waals surface area (Å²) >= 11 is 0. The molecule has 0 aliphatic carbocycles. The second kappa shape index (κ2) is 8.08. The zero-order valence-corrected chi connectivity index (χ0v) is 17.0. The van der Waals surface area contributed by atoms with Crippen LogP contribution in [0.15, 0.2) is 64.3 Å². The van der Waals surface area contributed by atoms with Crippen LogP contribution in [0.2, 0.25) is 0 Å². The summed E-state index contributed by atoms with van der Waals surface area (Å²) in [5.74, 6) is 0. The summed E-state index contributed by atoms with van der Waals surface area (Å²) in [5.41, 5.74) is 3.69. The van der Waals surface area contributed by atoms with Crippen LogP contribution in [-0.4, -0.2) is 24.7 Å². The standard InChI is InChI=1S/C21H23N3O3S/c1-15-13-16(2)21(17(3)14-15)28(26,27)22-11-12-24-20(25)10-9-19(23-24)18-7-5-4-6-8-18/h4-10,13-14,22H,11-12H2,1-3H3. The summed E-state index contributed by atoms with van der Waals surface area (Å²) in [6.45, 7) is 5.71. The summed E-state index contributed by atoms with van der Waals surface area (Å²) in [4.78, 5) is 12.4. The van der Waals surface area contributed by atoms with E-state index in [1.165, 1.54) is 10.7 Å². The Balaban J connectivity index is 1.77. The smallest absolute Gasteiger partial charge is 0.266 e. The first-order chi connectivity index (χ1) is 13.3. The maximum Gasteiger partial charge on any atom is 0.266 e. The predicted molar refractivity (Wildman–Crippen MR) is 110 cm³/mol. The minimum absolute atomic E-state index is 0.0697. The van der Waals surface area contributed by atoms with Crippen LogP contribution in [0.5, 0.6) is 0 Å². The molecule has 146 valence electrons. The Morgan fingerprint density at radius 3 is 2.25 bits per heavy atom. The van der Waals surface area contributed by atoms with Gasteiger partial charge in [-0.05, 0) is 38.0 Å². The lowest BCUT2D eigenvalue weighted by Gasteiger charge is -2.13. The zero-order chi connectivity index (χ0) is 20.3. The lowest BCUT2D eigenvalue weighted by molar-refractivity contribution is 0.548. The van der Waals surface area contributed by atoms with Gasteiger partial charge in [-0.1, -0.05) is 48.0 Å². The Morgan fingerprint density at radius 1 is 0.964 bits per heavy atom. The molecule has 0 amide bonds. The fourth-order valence-electron chi connectivity index (χ4n) is 3.32. The molecule has 0 bridgehead atoms. The van der Waals surface area contributed by atoms with E-state index in [-0.39, 0.29) is 23.5 Å². The second-order valence-corrected chi connectivity index (χ2v) is 8.48. The fourth-order valence-corrected chi connectivity index (χ4v) is 4.79. The van der Waals surface area contributed by atoms with Crippen LogP contribution in [0, 0.1) is 20.8 Å². The van der Waals surface area contributed by atoms with Crippen LogP contribution in [0.25, 0.3) is 11.3 Å². The van der Waals surface area contributed by atoms with Gasteiger partial charge in [0.2, 0.25) is 10.0 Å². The molecule has 6 nitrogen and oxygen atoms in total. The van der Waals surface area contributed by atoms with Crippen molar-refractivity contribution in [2.24, 2.45) is 0 Å². The predicted octanol–water partition coefficient (Wildman–Crippen LogP) is 2.81. The van der Waals surface area contributed by atoms with Crippen molar-refractivity contribution < 1.29 is 8.42 Å². The molecule has 28 heavy (non-hydrogen) atoms. The lowest BCUT2D eigenvalue weighted by atomic mass is 10.1. The Morgan fingerprint density at radius 2 is 1.61 bits per heavy atom. The van der Waals surface area contributed by atoms with Crippen molar-refractivity contribution in [3.05, 3.63) is 81.6 Å². The maximum atomic E-state index is 12.7. The quantitative estimate of drug-likeness (QED) is 0.694. The number of nitrogens with one attached hydrogen (secondary N) is 1. The topological polar surface area (TPSA) is 81.1 Å². The first-order valence-corrected chi connectivity index (χ1v) is 10.5. The fraction of sp³-hybridized carbons (Fsp3) is 0.238. The van der Waals surface area contributed by atoms with E-state index >= 15 is 0 Å². The zero-order valence-electron chi connectivity index (χ0n) is 16.1. The molecule has 0 fully saturated rings. The summed E-state index contributed by atoms with van der Waals surface area (Å²) < 4.78 is 29.3. The van der Waals surface area contributed by atoms with Gasteiger partial charge in [-0.2, -0.15) is 5.10 Å². The van der Waals surface area contributed by atoms with E-state index in [2.05, 4.69) is 9.82 Å². The molecule has 0 unspecified atom stereocenters. The number of aryl methyl sites for hydroxylation is 3. The average Bonchev–Trinajstić information content (AvgIpc) is 2.62. The number of benzene rings is 2. The molecule has 1 heterocycles. The molecule has 0 aliphatic heterocycles.